The molecule has 1 saturated carbocycles. The summed E-state index contributed by atoms with van der Waals surface area (Å²) < 4.78 is 0. The van der Waals surface area contributed by atoms with Gasteiger partial charge in [0.15, 0.2) is 0 Å². The Bertz CT molecular complexity index is 550. The fourth-order valence-corrected chi connectivity index (χ4v) is 2.16. The number of nitrogens with one attached hydrogen (secondary N) is 1. The molecule has 2 N–H and O–H groups in total. The van der Waals surface area contributed by atoms with Gasteiger partial charge in [0.2, 0.25) is 0 Å². The second-order valence-electron chi connectivity index (χ2n) is 5.40. The summed E-state index contributed by atoms with van der Waals surface area (Å²) in [5, 5.41) is 11.8. The molecule has 1 aliphatic carbocycles. The number of aliphatic hydroxyl groups excluding tert-OH is 1. The Hall–Kier alpha value is -1.79. The number of amides is 1. The van der Waals surface area contributed by atoms with Crippen molar-refractivity contribution >= 4 is 5.91 Å². The van der Waals surface area contributed by atoms with Crippen LogP contribution >= 0.6 is 0 Å². The largest absolute Gasteiger partial charge is 0.395 e. The molecule has 1 aliphatic rings. The number of benzene rings is 1. The molecule has 0 heterocycles. The standard InChI is InChI=1S/C17H21NO2/c1-12-11-16(9-6-14(12)5-3-4-10-19)17(20)18-13(2)15-7-8-15/h6,9,11,13,15,19H,4,7-8,10H2,1-2H3,(H,18,20). The minimum atomic E-state index is -0.0117. The molecule has 1 aromatic rings. The molecule has 1 fully saturated rings. The third-order valence-corrected chi connectivity index (χ3v) is 3.64. The van der Waals surface area contributed by atoms with Gasteiger partial charge in [0, 0.05) is 23.6 Å². The number of hydrogen-bond donors (Lipinski definition) is 2. The van der Waals surface area contributed by atoms with Crippen molar-refractivity contribution in [2.75, 3.05) is 6.61 Å². The van der Waals surface area contributed by atoms with Crippen LogP contribution in [-0.4, -0.2) is 23.7 Å². The van der Waals surface area contributed by atoms with Crippen molar-refractivity contribution in [2.45, 2.75) is 39.2 Å². The highest BCUT2D eigenvalue weighted by atomic mass is 16.2. The van der Waals surface area contributed by atoms with Crippen molar-refractivity contribution in [1.29, 1.82) is 0 Å². The molecule has 2 rings (SSSR count). The van der Waals surface area contributed by atoms with Crippen molar-refractivity contribution < 1.29 is 9.90 Å². The first-order chi connectivity index (χ1) is 9.61. The molecule has 1 unspecified atom stereocenters. The normalized spacial score (nSPS) is 15.2. The van der Waals surface area contributed by atoms with Gasteiger partial charge in [0.25, 0.3) is 5.91 Å². The van der Waals surface area contributed by atoms with Crippen LogP contribution < -0.4 is 5.32 Å². The summed E-state index contributed by atoms with van der Waals surface area (Å²) in [5.74, 6) is 6.55. The predicted molar refractivity (Wildman–Crippen MR) is 79.4 cm³/mol. The van der Waals surface area contributed by atoms with Crippen LogP contribution in [-0.2, 0) is 0 Å². The third kappa shape index (κ3) is 3.85. The second kappa shape index (κ2) is 6.58. The lowest BCUT2D eigenvalue weighted by Crippen LogP contribution is -2.34. The van der Waals surface area contributed by atoms with Gasteiger partial charge in [-0.2, -0.15) is 0 Å². The fourth-order valence-electron chi connectivity index (χ4n) is 2.16. The van der Waals surface area contributed by atoms with Gasteiger partial charge in [-0.05, 0) is 56.4 Å². The topological polar surface area (TPSA) is 49.3 Å². The Balaban J connectivity index is 2.04. The van der Waals surface area contributed by atoms with Crippen LogP contribution in [0.5, 0.6) is 0 Å². The first-order valence-electron chi connectivity index (χ1n) is 7.13. The van der Waals surface area contributed by atoms with Crippen molar-refractivity contribution in [3.8, 4) is 11.8 Å². The average Bonchev–Trinajstić information content (AvgIpc) is 3.25. The van der Waals surface area contributed by atoms with Crippen LogP contribution in [0.15, 0.2) is 18.2 Å². The van der Waals surface area contributed by atoms with Gasteiger partial charge in [-0.25, -0.2) is 0 Å². The highest BCUT2D eigenvalue weighted by molar-refractivity contribution is 5.94. The lowest BCUT2D eigenvalue weighted by atomic mass is 10.0. The summed E-state index contributed by atoms with van der Waals surface area (Å²) in [5.41, 5.74) is 2.58. The monoisotopic (exact) mass is 271 g/mol. The Morgan fingerprint density at radius 3 is 2.85 bits per heavy atom. The smallest absolute Gasteiger partial charge is 0.251 e. The average molecular weight is 271 g/mol. The lowest BCUT2D eigenvalue weighted by Gasteiger charge is -2.13. The van der Waals surface area contributed by atoms with E-state index in [-0.39, 0.29) is 18.6 Å². The molecular weight excluding hydrogens is 250 g/mol. The van der Waals surface area contributed by atoms with E-state index in [0.717, 1.165) is 11.1 Å². The molecule has 1 amide bonds. The van der Waals surface area contributed by atoms with Crippen molar-refractivity contribution in [1.82, 2.24) is 5.32 Å². The quantitative estimate of drug-likeness (QED) is 0.825. The summed E-state index contributed by atoms with van der Waals surface area (Å²) in [6.07, 6.45) is 2.92. The zero-order chi connectivity index (χ0) is 14.5. The predicted octanol–water partition coefficient (Wildman–Crippen LogP) is 2.26. The maximum absolute atomic E-state index is 12.1. The molecule has 0 spiro atoms. The molecular formula is C17H21NO2. The summed E-state index contributed by atoms with van der Waals surface area (Å²) in [6.45, 7) is 4.09. The van der Waals surface area contributed by atoms with Gasteiger partial charge in [0.1, 0.15) is 0 Å². The molecule has 0 aromatic heterocycles. The molecule has 0 bridgehead atoms. The molecule has 0 saturated heterocycles. The molecule has 0 aliphatic heterocycles. The maximum Gasteiger partial charge on any atom is 0.251 e. The van der Waals surface area contributed by atoms with E-state index < -0.39 is 0 Å². The molecule has 1 aromatic carbocycles. The van der Waals surface area contributed by atoms with Crippen molar-refractivity contribution in [2.24, 2.45) is 5.92 Å². The number of aliphatic hydroxyl groups is 1. The van der Waals surface area contributed by atoms with Gasteiger partial charge in [-0.15, -0.1) is 0 Å². The van der Waals surface area contributed by atoms with E-state index in [2.05, 4.69) is 24.1 Å². The fraction of sp³-hybridized carbons (Fsp3) is 0.471. The minimum Gasteiger partial charge on any atom is -0.395 e. The number of carbonyl (C=O) groups is 1. The minimum absolute atomic E-state index is 0.0117. The number of rotatable bonds is 4. The van der Waals surface area contributed by atoms with E-state index in [0.29, 0.717) is 17.9 Å². The number of aryl methyl sites for hydroxylation is 1. The van der Waals surface area contributed by atoms with E-state index in [4.69, 9.17) is 5.11 Å². The molecule has 3 nitrogen and oxygen atoms in total. The highest BCUT2D eigenvalue weighted by Crippen LogP contribution is 2.32. The summed E-state index contributed by atoms with van der Waals surface area (Å²) in [7, 11) is 0. The number of hydrogen-bond acceptors (Lipinski definition) is 2. The van der Waals surface area contributed by atoms with Gasteiger partial charge < -0.3 is 10.4 Å². The van der Waals surface area contributed by atoms with Gasteiger partial charge in [-0.1, -0.05) is 11.8 Å². The van der Waals surface area contributed by atoms with Crippen LogP contribution in [0.4, 0.5) is 0 Å². The van der Waals surface area contributed by atoms with Crippen LogP contribution in [0.2, 0.25) is 0 Å². The Morgan fingerprint density at radius 2 is 2.25 bits per heavy atom. The van der Waals surface area contributed by atoms with Crippen LogP contribution in [0, 0.1) is 24.7 Å². The maximum atomic E-state index is 12.1. The number of carbonyl (C=O) groups excluding carboxylic acids is 1. The molecule has 1 atom stereocenters. The summed E-state index contributed by atoms with van der Waals surface area (Å²) in [6, 6.07) is 5.81. The summed E-state index contributed by atoms with van der Waals surface area (Å²) >= 11 is 0. The van der Waals surface area contributed by atoms with E-state index >= 15 is 0 Å². The van der Waals surface area contributed by atoms with E-state index in [1.54, 1.807) is 0 Å². The first kappa shape index (κ1) is 14.6. The van der Waals surface area contributed by atoms with Gasteiger partial charge in [0.05, 0.1) is 6.61 Å². The Labute approximate surface area is 120 Å². The highest BCUT2D eigenvalue weighted by Gasteiger charge is 2.29. The van der Waals surface area contributed by atoms with Gasteiger partial charge >= 0.3 is 0 Å². The zero-order valence-corrected chi connectivity index (χ0v) is 12.1. The van der Waals surface area contributed by atoms with Crippen molar-refractivity contribution in [3.05, 3.63) is 34.9 Å². The first-order valence-corrected chi connectivity index (χ1v) is 7.13. The Kier molecular flexibility index (Phi) is 4.81. The van der Waals surface area contributed by atoms with Crippen LogP contribution in [0.25, 0.3) is 0 Å². The Morgan fingerprint density at radius 1 is 1.50 bits per heavy atom. The van der Waals surface area contributed by atoms with E-state index in [1.807, 2.05) is 25.1 Å². The molecule has 20 heavy (non-hydrogen) atoms. The van der Waals surface area contributed by atoms with E-state index in [9.17, 15) is 4.79 Å². The third-order valence-electron chi connectivity index (χ3n) is 3.64. The van der Waals surface area contributed by atoms with Crippen LogP contribution in [0.1, 0.15) is 47.7 Å². The second-order valence-corrected chi connectivity index (χ2v) is 5.40. The van der Waals surface area contributed by atoms with E-state index in [1.165, 1.54) is 12.8 Å². The van der Waals surface area contributed by atoms with Crippen LogP contribution in [0.3, 0.4) is 0 Å². The zero-order valence-electron chi connectivity index (χ0n) is 12.1. The summed E-state index contributed by atoms with van der Waals surface area (Å²) in [4.78, 5) is 12.1. The lowest BCUT2D eigenvalue weighted by molar-refractivity contribution is 0.0935. The SMILES string of the molecule is Cc1cc(C(=O)NC(C)C2CC2)ccc1C#CCCO. The molecule has 0 radical (unpaired) electrons. The molecule has 3 heteroatoms. The molecule has 106 valence electrons. The van der Waals surface area contributed by atoms with Crippen molar-refractivity contribution in [3.63, 3.8) is 0 Å². The van der Waals surface area contributed by atoms with Gasteiger partial charge in [-0.3, -0.25) is 4.79 Å².